The van der Waals surface area contributed by atoms with E-state index in [0.717, 1.165) is 0 Å². The molecule has 7 heavy (non-hydrogen) atoms. The van der Waals surface area contributed by atoms with Crippen LogP contribution in [0.5, 0.6) is 0 Å². The van der Waals surface area contributed by atoms with Gasteiger partial charge >= 0.3 is 8.84 Å². The van der Waals surface area contributed by atoms with Crippen LogP contribution in [0.1, 0.15) is 20.8 Å². The number of rotatable bonds is 0. The van der Waals surface area contributed by atoms with Crippen molar-refractivity contribution in [1.29, 1.82) is 0 Å². The van der Waals surface area contributed by atoms with Gasteiger partial charge in [-0.25, -0.2) is 0 Å². The summed E-state index contributed by atoms with van der Waals surface area (Å²) in [5, 5.41) is 4.94. The van der Waals surface area contributed by atoms with Crippen molar-refractivity contribution in [2.75, 3.05) is 0 Å². The summed E-state index contributed by atoms with van der Waals surface area (Å²) in [6, 6.07) is 0. The zero-order valence-electron chi connectivity index (χ0n) is 4.99. The third-order valence-corrected chi connectivity index (χ3v) is 2.22. The summed E-state index contributed by atoms with van der Waals surface area (Å²) in [6.45, 7) is 5.61. The molecule has 0 saturated carbocycles. The van der Waals surface area contributed by atoms with Crippen LogP contribution in [0.2, 0.25) is 5.04 Å². The van der Waals surface area contributed by atoms with Gasteiger partial charge in [-0.15, -0.1) is 0 Å². The predicted octanol–water partition coefficient (Wildman–Crippen LogP) is 0.664. The zero-order chi connectivity index (χ0) is 6.08. The molecule has 0 fully saturated rings. The predicted molar refractivity (Wildman–Crippen MR) is 30.3 cm³/mol. The van der Waals surface area contributed by atoms with E-state index in [1.165, 1.54) is 0 Å². The van der Waals surface area contributed by atoms with Crippen molar-refractivity contribution in [1.82, 2.24) is 0 Å². The van der Waals surface area contributed by atoms with E-state index < -0.39 is 8.84 Å². The summed E-state index contributed by atoms with van der Waals surface area (Å²) in [7, 11) is -1.80. The number of hydrogen-bond acceptors (Lipinski definition) is 1. The van der Waals surface area contributed by atoms with E-state index in [4.69, 9.17) is 5.40 Å². The van der Waals surface area contributed by atoms with Crippen LogP contribution in [-0.2, 0) is 4.46 Å². The van der Waals surface area contributed by atoms with Crippen LogP contribution in [0.15, 0.2) is 0 Å². The highest BCUT2D eigenvalue weighted by atomic mass is 28.3. The normalized spacial score (nSPS) is 11.3. The first-order chi connectivity index (χ1) is 2.94. The van der Waals surface area contributed by atoms with Crippen LogP contribution < -0.4 is 5.40 Å². The summed E-state index contributed by atoms with van der Waals surface area (Å²) in [6.07, 6.45) is 0. The second-order valence-corrected chi connectivity index (χ2v) is 4.84. The van der Waals surface area contributed by atoms with E-state index >= 15 is 0 Å². The summed E-state index contributed by atoms with van der Waals surface area (Å²) >= 11 is 0. The van der Waals surface area contributed by atoms with Gasteiger partial charge in [0.2, 0.25) is 0 Å². The SMILES string of the molecule is CC(C)(C)[Si](N)=O. The molecule has 2 N–H and O–H groups in total. The zero-order valence-corrected chi connectivity index (χ0v) is 5.99. The fraction of sp³-hybridized carbons (Fsp3) is 1.00. The van der Waals surface area contributed by atoms with Crippen molar-refractivity contribution in [2.45, 2.75) is 25.8 Å². The minimum atomic E-state index is -1.80. The summed E-state index contributed by atoms with van der Waals surface area (Å²) in [4.78, 5) is 0. The maximum absolute atomic E-state index is 10.4. The van der Waals surface area contributed by atoms with Crippen molar-refractivity contribution in [3.8, 4) is 0 Å². The second-order valence-electron chi connectivity index (χ2n) is 2.61. The molecule has 2 nitrogen and oxygen atoms in total. The molecule has 0 aromatic rings. The minimum absolute atomic E-state index is 0.176. The van der Waals surface area contributed by atoms with Gasteiger partial charge in [-0.2, -0.15) is 0 Å². The van der Waals surface area contributed by atoms with Crippen LogP contribution in [0.3, 0.4) is 0 Å². The second kappa shape index (κ2) is 1.74. The van der Waals surface area contributed by atoms with Crippen molar-refractivity contribution < 1.29 is 4.46 Å². The largest absolute Gasteiger partial charge is 0.403 e. The maximum atomic E-state index is 10.4. The van der Waals surface area contributed by atoms with Gasteiger partial charge in [0.15, 0.2) is 0 Å². The third kappa shape index (κ3) is 2.50. The van der Waals surface area contributed by atoms with Crippen LogP contribution in [0, 0.1) is 0 Å². The summed E-state index contributed by atoms with van der Waals surface area (Å²) in [5.41, 5.74) is 0. The highest BCUT2D eigenvalue weighted by Crippen LogP contribution is 2.18. The Hall–Kier alpha value is -0.183. The molecule has 0 radical (unpaired) electrons. The van der Waals surface area contributed by atoms with Gasteiger partial charge < -0.3 is 9.86 Å². The van der Waals surface area contributed by atoms with Crippen LogP contribution in [0.4, 0.5) is 0 Å². The van der Waals surface area contributed by atoms with E-state index in [9.17, 15) is 4.46 Å². The third-order valence-electron chi connectivity index (χ3n) is 0.739. The molecule has 0 aromatic carbocycles. The maximum Gasteiger partial charge on any atom is 0.395 e. The standard InChI is InChI=1S/C4H11NOSi/c1-4(2,3)7(5)6/h5H2,1-3H3. The smallest absolute Gasteiger partial charge is 0.395 e. The molecule has 42 valence electrons. The highest BCUT2D eigenvalue weighted by molar-refractivity contribution is 6.42. The molecule has 0 atom stereocenters. The van der Waals surface area contributed by atoms with Gasteiger partial charge in [0.1, 0.15) is 0 Å². The summed E-state index contributed by atoms with van der Waals surface area (Å²) in [5.74, 6) is 0. The Morgan fingerprint density at radius 1 is 1.43 bits per heavy atom. The monoisotopic (exact) mass is 117 g/mol. The Balaban J connectivity index is 3.79. The average molecular weight is 117 g/mol. The van der Waals surface area contributed by atoms with Gasteiger partial charge in [0.05, 0.1) is 0 Å². The first kappa shape index (κ1) is 6.82. The van der Waals surface area contributed by atoms with Crippen molar-refractivity contribution in [3.63, 3.8) is 0 Å². The minimum Gasteiger partial charge on any atom is -0.403 e. The van der Waals surface area contributed by atoms with Crippen LogP contribution >= 0.6 is 0 Å². The van der Waals surface area contributed by atoms with E-state index in [0.29, 0.717) is 0 Å². The molecular weight excluding hydrogens is 106 g/mol. The lowest BCUT2D eigenvalue weighted by Crippen LogP contribution is -2.25. The fourth-order valence-electron chi connectivity index (χ4n) is 0. The van der Waals surface area contributed by atoms with Gasteiger partial charge in [-0.3, -0.25) is 0 Å². The topological polar surface area (TPSA) is 43.1 Å². The van der Waals surface area contributed by atoms with Gasteiger partial charge in [0, 0.05) is 5.04 Å². The quantitative estimate of drug-likeness (QED) is 0.474. The highest BCUT2D eigenvalue weighted by Gasteiger charge is 2.19. The van der Waals surface area contributed by atoms with E-state index in [2.05, 4.69) is 0 Å². The lowest BCUT2D eigenvalue weighted by molar-refractivity contribution is 0.526. The van der Waals surface area contributed by atoms with E-state index in [-0.39, 0.29) is 5.04 Å². The molecule has 0 saturated heterocycles. The Morgan fingerprint density at radius 2 is 1.57 bits per heavy atom. The van der Waals surface area contributed by atoms with Crippen molar-refractivity contribution in [2.24, 2.45) is 5.40 Å². The van der Waals surface area contributed by atoms with Gasteiger partial charge in [-0.05, 0) is 0 Å². The Labute approximate surface area is 45.5 Å². The van der Waals surface area contributed by atoms with E-state index in [1.54, 1.807) is 0 Å². The molecule has 0 heterocycles. The molecule has 0 unspecified atom stereocenters. The Morgan fingerprint density at radius 3 is 1.57 bits per heavy atom. The van der Waals surface area contributed by atoms with E-state index in [1.807, 2.05) is 20.8 Å². The van der Waals surface area contributed by atoms with Crippen molar-refractivity contribution >= 4 is 8.84 Å². The lowest BCUT2D eigenvalue weighted by Gasteiger charge is -2.08. The fourth-order valence-corrected chi connectivity index (χ4v) is 0. The molecule has 0 spiro atoms. The molecule has 0 bridgehead atoms. The average Bonchev–Trinajstić information content (AvgIpc) is 1.31. The van der Waals surface area contributed by atoms with Crippen molar-refractivity contribution in [3.05, 3.63) is 0 Å². The summed E-state index contributed by atoms with van der Waals surface area (Å²) < 4.78 is 10.4. The molecule has 0 aliphatic rings. The Bertz CT molecular complexity index is 84.2. The Kier molecular flexibility index (Phi) is 1.69. The first-order valence-electron chi connectivity index (χ1n) is 2.24. The number of hydrogen-bond donors (Lipinski definition) is 1. The van der Waals surface area contributed by atoms with Gasteiger partial charge in [-0.1, -0.05) is 20.8 Å². The van der Waals surface area contributed by atoms with Gasteiger partial charge in [0.25, 0.3) is 0 Å². The molecular formula is C4H11NOSi. The molecule has 0 aliphatic heterocycles. The first-order valence-corrected chi connectivity index (χ1v) is 3.73. The molecule has 0 aliphatic carbocycles. The van der Waals surface area contributed by atoms with Crippen LogP contribution in [-0.4, -0.2) is 8.84 Å². The lowest BCUT2D eigenvalue weighted by atomic mass is 10.3. The molecule has 0 aromatic heterocycles. The molecule has 0 amide bonds. The molecule has 3 heteroatoms. The molecule has 0 rings (SSSR count). The van der Waals surface area contributed by atoms with Crippen LogP contribution in [0.25, 0.3) is 0 Å². The number of nitrogens with two attached hydrogens (primary N) is 1.